The Kier molecular flexibility index (Phi) is 5.58. The number of sulfone groups is 1. The number of nitrogens with one attached hydrogen (secondary N) is 1. The predicted molar refractivity (Wildman–Crippen MR) is 84.5 cm³/mol. The van der Waals surface area contributed by atoms with Gasteiger partial charge in [-0.05, 0) is 25.0 Å². The van der Waals surface area contributed by atoms with Crippen LogP contribution in [-0.4, -0.2) is 38.3 Å². The lowest BCUT2D eigenvalue weighted by Gasteiger charge is -2.24. The standard InChI is InChI=1S/C16H23NO4S/c1-22(20,21)15-10-6-5-8-13(15)16(19)17-14-9-4-2-3-7-12(14)11-18/h5-6,8,10,12,14,18H,2-4,7,9,11H2,1H3,(H,17,19). The summed E-state index contributed by atoms with van der Waals surface area (Å²) in [4.78, 5) is 12.5. The van der Waals surface area contributed by atoms with Crippen molar-refractivity contribution in [3.63, 3.8) is 0 Å². The molecule has 122 valence electrons. The van der Waals surface area contributed by atoms with Crippen LogP contribution in [0, 0.1) is 5.92 Å². The quantitative estimate of drug-likeness (QED) is 0.826. The number of amides is 1. The molecule has 1 saturated carbocycles. The maximum Gasteiger partial charge on any atom is 0.252 e. The molecule has 5 nitrogen and oxygen atoms in total. The van der Waals surface area contributed by atoms with Crippen LogP contribution in [-0.2, 0) is 9.84 Å². The molecule has 1 aliphatic rings. The topological polar surface area (TPSA) is 83.5 Å². The summed E-state index contributed by atoms with van der Waals surface area (Å²) in [7, 11) is -3.46. The van der Waals surface area contributed by atoms with Crippen LogP contribution < -0.4 is 5.32 Å². The van der Waals surface area contributed by atoms with Gasteiger partial charge in [-0.1, -0.05) is 31.4 Å². The Morgan fingerprint density at radius 3 is 2.59 bits per heavy atom. The molecule has 22 heavy (non-hydrogen) atoms. The fourth-order valence-corrected chi connectivity index (χ4v) is 3.90. The normalized spacial score (nSPS) is 22.8. The van der Waals surface area contributed by atoms with E-state index in [-0.39, 0.29) is 34.9 Å². The molecule has 0 heterocycles. The third kappa shape index (κ3) is 4.08. The van der Waals surface area contributed by atoms with E-state index in [2.05, 4.69) is 5.32 Å². The summed E-state index contributed by atoms with van der Waals surface area (Å²) in [6.07, 6.45) is 5.96. The lowest BCUT2D eigenvalue weighted by Crippen LogP contribution is -2.41. The maximum absolute atomic E-state index is 12.5. The second kappa shape index (κ2) is 7.24. The predicted octanol–water partition coefficient (Wildman–Crippen LogP) is 1.76. The van der Waals surface area contributed by atoms with E-state index in [1.165, 1.54) is 12.1 Å². The Morgan fingerprint density at radius 1 is 1.23 bits per heavy atom. The van der Waals surface area contributed by atoms with Gasteiger partial charge >= 0.3 is 0 Å². The maximum atomic E-state index is 12.5. The third-order valence-electron chi connectivity index (χ3n) is 4.24. The van der Waals surface area contributed by atoms with Gasteiger partial charge in [-0.2, -0.15) is 0 Å². The van der Waals surface area contributed by atoms with Crippen LogP contribution in [0.25, 0.3) is 0 Å². The van der Waals surface area contributed by atoms with Crippen LogP contribution in [0.3, 0.4) is 0 Å². The summed E-state index contributed by atoms with van der Waals surface area (Å²) < 4.78 is 23.6. The average molecular weight is 325 g/mol. The molecular weight excluding hydrogens is 302 g/mol. The fourth-order valence-electron chi connectivity index (χ4n) is 3.02. The highest BCUT2D eigenvalue weighted by molar-refractivity contribution is 7.90. The van der Waals surface area contributed by atoms with Crippen LogP contribution in [0.1, 0.15) is 42.5 Å². The third-order valence-corrected chi connectivity index (χ3v) is 5.40. The molecule has 1 aromatic rings. The minimum Gasteiger partial charge on any atom is -0.396 e. The van der Waals surface area contributed by atoms with Crippen molar-refractivity contribution in [2.75, 3.05) is 12.9 Å². The van der Waals surface area contributed by atoms with Gasteiger partial charge in [0.05, 0.1) is 10.5 Å². The Morgan fingerprint density at radius 2 is 1.91 bits per heavy atom. The van der Waals surface area contributed by atoms with Crippen molar-refractivity contribution >= 4 is 15.7 Å². The molecule has 0 radical (unpaired) electrons. The average Bonchev–Trinajstić information content (AvgIpc) is 2.71. The molecule has 0 spiro atoms. The number of carbonyl (C=O) groups excluding carboxylic acids is 1. The highest BCUT2D eigenvalue weighted by atomic mass is 32.2. The molecule has 6 heteroatoms. The molecule has 0 saturated heterocycles. The van der Waals surface area contributed by atoms with E-state index in [4.69, 9.17) is 0 Å². The molecule has 2 rings (SSSR count). The van der Waals surface area contributed by atoms with E-state index in [1.807, 2.05) is 0 Å². The molecule has 2 unspecified atom stereocenters. The van der Waals surface area contributed by atoms with E-state index >= 15 is 0 Å². The number of aliphatic hydroxyl groups excluding tert-OH is 1. The van der Waals surface area contributed by atoms with Crippen molar-refractivity contribution in [1.29, 1.82) is 0 Å². The van der Waals surface area contributed by atoms with Crippen molar-refractivity contribution in [2.24, 2.45) is 5.92 Å². The van der Waals surface area contributed by atoms with Crippen LogP contribution in [0.15, 0.2) is 29.2 Å². The molecule has 2 atom stereocenters. The van der Waals surface area contributed by atoms with Crippen molar-refractivity contribution in [2.45, 2.75) is 43.0 Å². The van der Waals surface area contributed by atoms with Gasteiger partial charge in [0, 0.05) is 24.8 Å². The van der Waals surface area contributed by atoms with Crippen molar-refractivity contribution in [3.8, 4) is 0 Å². The Hall–Kier alpha value is -1.40. The van der Waals surface area contributed by atoms with E-state index in [9.17, 15) is 18.3 Å². The number of carbonyl (C=O) groups is 1. The summed E-state index contributed by atoms with van der Waals surface area (Å²) in [6, 6.07) is 6.12. The first kappa shape index (κ1) is 17.0. The minimum absolute atomic E-state index is 0.0387. The molecular formula is C16H23NO4S. The van der Waals surface area contributed by atoms with Crippen LogP contribution in [0.5, 0.6) is 0 Å². The number of benzene rings is 1. The van der Waals surface area contributed by atoms with Gasteiger partial charge in [-0.15, -0.1) is 0 Å². The van der Waals surface area contributed by atoms with Crippen molar-refractivity contribution in [1.82, 2.24) is 5.32 Å². The van der Waals surface area contributed by atoms with Crippen molar-refractivity contribution < 1.29 is 18.3 Å². The Balaban J connectivity index is 2.22. The van der Waals surface area contributed by atoms with Gasteiger partial charge in [0.15, 0.2) is 9.84 Å². The van der Waals surface area contributed by atoms with Gasteiger partial charge in [-0.3, -0.25) is 4.79 Å². The monoisotopic (exact) mass is 325 g/mol. The first-order chi connectivity index (χ1) is 10.4. The van der Waals surface area contributed by atoms with Gasteiger partial charge in [0.1, 0.15) is 0 Å². The highest BCUT2D eigenvalue weighted by Gasteiger charge is 2.26. The second-order valence-electron chi connectivity index (χ2n) is 5.93. The lowest BCUT2D eigenvalue weighted by molar-refractivity contribution is 0.0896. The summed E-state index contributed by atoms with van der Waals surface area (Å²) in [5.74, 6) is -0.344. The minimum atomic E-state index is -3.46. The highest BCUT2D eigenvalue weighted by Crippen LogP contribution is 2.24. The lowest BCUT2D eigenvalue weighted by atomic mass is 9.95. The molecule has 0 aliphatic heterocycles. The Bertz CT molecular complexity index is 627. The summed E-state index contributed by atoms with van der Waals surface area (Å²) in [5.41, 5.74) is 0.172. The molecule has 2 N–H and O–H groups in total. The smallest absolute Gasteiger partial charge is 0.252 e. The van der Waals surface area contributed by atoms with E-state index < -0.39 is 9.84 Å². The number of hydrogen-bond acceptors (Lipinski definition) is 4. The fraction of sp³-hybridized carbons (Fsp3) is 0.562. The van der Waals surface area contributed by atoms with Gasteiger partial charge in [0.2, 0.25) is 0 Å². The van der Waals surface area contributed by atoms with E-state index in [0.29, 0.717) is 0 Å². The first-order valence-corrected chi connectivity index (χ1v) is 9.53. The number of hydrogen-bond donors (Lipinski definition) is 2. The molecule has 1 aromatic carbocycles. The zero-order valence-electron chi connectivity index (χ0n) is 12.8. The summed E-state index contributed by atoms with van der Waals surface area (Å²) in [6.45, 7) is 0.0403. The second-order valence-corrected chi connectivity index (χ2v) is 7.91. The van der Waals surface area contributed by atoms with Crippen LogP contribution >= 0.6 is 0 Å². The van der Waals surface area contributed by atoms with E-state index in [0.717, 1.165) is 38.4 Å². The van der Waals surface area contributed by atoms with Crippen LogP contribution in [0.4, 0.5) is 0 Å². The molecule has 0 bridgehead atoms. The zero-order valence-corrected chi connectivity index (χ0v) is 13.6. The van der Waals surface area contributed by atoms with Gasteiger partial charge < -0.3 is 10.4 Å². The largest absolute Gasteiger partial charge is 0.396 e. The van der Waals surface area contributed by atoms with Crippen LogP contribution in [0.2, 0.25) is 0 Å². The molecule has 1 fully saturated rings. The first-order valence-electron chi connectivity index (χ1n) is 7.64. The summed E-state index contributed by atoms with van der Waals surface area (Å²) >= 11 is 0. The molecule has 0 aromatic heterocycles. The number of rotatable bonds is 4. The zero-order chi connectivity index (χ0) is 16.2. The molecule has 1 amide bonds. The van der Waals surface area contributed by atoms with E-state index in [1.54, 1.807) is 12.1 Å². The molecule has 1 aliphatic carbocycles. The van der Waals surface area contributed by atoms with Crippen molar-refractivity contribution in [3.05, 3.63) is 29.8 Å². The SMILES string of the molecule is CS(=O)(=O)c1ccccc1C(=O)NC1CCCCCC1CO. The Labute approximate surface area is 131 Å². The summed E-state index contributed by atoms with van der Waals surface area (Å²) in [5, 5.41) is 12.4. The van der Waals surface area contributed by atoms with Gasteiger partial charge in [-0.25, -0.2) is 8.42 Å². The number of aliphatic hydroxyl groups is 1. The van der Waals surface area contributed by atoms with Gasteiger partial charge in [0.25, 0.3) is 5.91 Å².